The molecule has 7 heteroatoms. The summed E-state index contributed by atoms with van der Waals surface area (Å²) in [5.41, 5.74) is 3.20. The third-order valence-electron chi connectivity index (χ3n) is 5.16. The molecule has 1 amide bonds. The van der Waals surface area contributed by atoms with E-state index in [1.54, 1.807) is 7.11 Å². The highest BCUT2D eigenvalue weighted by Crippen LogP contribution is 2.26. The lowest BCUT2D eigenvalue weighted by Crippen LogP contribution is -2.38. The number of nitrogens with one attached hydrogen (secondary N) is 1. The maximum atomic E-state index is 12.8. The Balaban J connectivity index is 1.57. The van der Waals surface area contributed by atoms with Crippen LogP contribution in [0.5, 0.6) is 0 Å². The van der Waals surface area contributed by atoms with Crippen LogP contribution in [0.4, 0.5) is 0 Å². The van der Waals surface area contributed by atoms with Crippen LogP contribution >= 0.6 is 0 Å². The van der Waals surface area contributed by atoms with E-state index in [2.05, 4.69) is 15.2 Å². The molecule has 3 heterocycles. The van der Waals surface area contributed by atoms with E-state index in [-0.39, 0.29) is 12.0 Å². The van der Waals surface area contributed by atoms with Crippen molar-refractivity contribution in [3.8, 4) is 0 Å². The van der Waals surface area contributed by atoms with Crippen LogP contribution in [-0.2, 0) is 16.0 Å². The highest BCUT2D eigenvalue weighted by atomic mass is 16.5. The Morgan fingerprint density at radius 2 is 2.13 bits per heavy atom. The van der Waals surface area contributed by atoms with Crippen LogP contribution in [-0.4, -0.2) is 60.7 Å². The molecular formula is C23H26N4O3. The van der Waals surface area contributed by atoms with E-state index in [9.17, 15) is 4.79 Å². The fraction of sp³-hybridized carbons (Fsp3) is 0.348. The molecule has 0 bridgehead atoms. The highest BCUT2D eigenvalue weighted by Gasteiger charge is 2.25. The molecule has 1 aromatic carbocycles. The van der Waals surface area contributed by atoms with Gasteiger partial charge in [0.15, 0.2) is 0 Å². The number of carbonyl (C=O) groups is 1. The zero-order chi connectivity index (χ0) is 20.8. The van der Waals surface area contributed by atoms with E-state index in [1.807, 2.05) is 54.7 Å². The van der Waals surface area contributed by atoms with Gasteiger partial charge >= 0.3 is 0 Å². The van der Waals surface area contributed by atoms with Crippen LogP contribution in [0.3, 0.4) is 0 Å². The van der Waals surface area contributed by atoms with E-state index < -0.39 is 0 Å². The fourth-order valence-electron chi connectivity index (χ4n) is 3.66. The lowest BCUT2D eigenvalue weighted by atomic mass is 10.0. The molecular weight excluding hydrogens is 380 g/mol. The number of morpholine rings is 1. The second kappa shape index (κ2) is 9.75. The quantitative estimate of drug-likeness (QED) is 0.608. The van der Waals surface area contributed by atoms with Gasteiger partial charge in [0.1, 0.15) is 6.10 Å². The smallest absolute Gasteiger partial charge is 0.252 e. The number of methoxy groups -OCH3 is 1. The minimum absolute atomic E-state index is 0.131. The summed E-state index contributed by atoms with van der Waals surface area (Å²) >= 11 is 0. The summed E-state index contributed by atoms with van der Waals surface area (Å²) in [5, 5.41) is 3.74. The third-order valence-corrected chi connectivity index (χ3v) is 5.16. The summed E-state index contributed by atoms with van der Waals surface area (Å²) in [5.74, 6) is -0.131. The van der Waals surface area contributed by atoms with Gasteiger partial charge in [-0.1, -0.05) is 24.3 Å². The lowest BCUT2D eigenvalue weighted by Gasteiger charge is -2.32. The van der Waals surface area contributed by atoms with Crippen molar-refractivity contribution in [2.24, 2.45) is 0 Å². The standard InChI is InChI=1S/C23H26N4O3/c1-29-12-10-25-23(28)19-14-21(26-20-8-3-2-7-18(19)20)22-16-27(11-13-30-22)15-17-6-4-5-9-24-17/h2-9,14,22H,10-13,15-16H2,1H3,(H,25,28). The minimum Gasteiger partial charge on any atom is -0.383 e. The zero-order valence-corrected chi connectivity index (χ0v) is 17.1. The number of para-hydroxylation sites is 1. The normalized spacial score (nSPS) is 17.2. The highest BCUT2D eigenvalue weighted by molar-refractivity contribution is 6.06. The number of pyridine rings is 2. The molecule has 4 rings (SSSR count). The Morgan fingerprint density at radius 3 is 2.97 bits per heavy atom. The molecule has 156 valence electrons. The molecule has 1 fully saturated rings. The Morgan fingerprint density at radius 1 is 1.27 bits per heavy atom. The van der Waals surface area contributed by atoms with Gasteiger partial charge in [-0.3, -0.25) is 14.7 Å². The van der Waals surface area contributed by atoms with Gasteiger partial charge in [-0.2, -0.15) is 0 Å². The van der Waals surface area contributed by atoms with E-state index in [0.717, 1.165) is 35.4 Å². The van der Waals surface area contributed by atoms with Crippen LogP contribution < -0.4 is 5.32 Å². The SMILES string of the molecule is COCCNC(=O)c1cc(C2CN(Cc3ccccn3)CCO2)nc2ccccc12. The fourth-order valence-corrected chi connectivity index (χ4v) is 3.66. The number of carbonyl (C=O) groups excluding carboxylic acids is 1. The van der Waals surface area contributed by atoms with Crippen LogP contribution in [0, 0.1) is 0 Å². The molecule has 1 aliphatic rings. The summed E-state index contributed by atoms with van der Waals surface area (Å²) < 4.78 is 11.1. The Labute approximate surface area is 176 Å². The summed E-state index contributed by atoms with van der Waals surface area (Å²) in [6.45, 7) is 3.84. The van der Waals surface area contributed by atoms with E-state index in [1.165, 1.54) is 0 Å². The Hall–Kier alpha value is -2.87. The number of hydrogen-bond donors (Lipinski definition) is 1. The minimum atomic E-state index is -0.197. The number of fused-ring (bicyclic) bond motifs is 1. The topological polar surface area (TPSA) is 76.6 Å². The summed E-state index contributed by atoms with van der Waals surface area (Å²) in [7, 11) is 1.61. The van der Waals surface area contributed by atoms with E-state index in [4.69, 9.17) is 14.5 Å². The van der Waals surface area contributed by atoms with E-state index in [0.29, 0.717) is 31.9 Å². The largest absolute Gasteiger partial charge is 0.383 e. The molecule has 0 aliphatic carbocycles. The maximum absolute atomic E-state index is 12.8. The van der Waals surface area contributed by atoms with Crippen molar-refractivity contribution in [1.29, 1.82) is 0 Å². The van der Waals surface area contributed by atoms with Gasteiger partial charge in [-0.05, 0) is 24.3 Å². The Kier molecular flexibility index (Phi) is 6.63. The first kappa shape index (κ1) is 20.4. The number of aromatic nitrogens is 2. The van der Waals surface area contributed by atoms with E-state index >= 15 is 0 Å². The van der Waals surface area contributed by atoms with Crippen molar-refractivity contribution in [2.75, 3.05) is 40.0 Å². The number of amides is 1. The number of rotatable bonds is 7. The van der Waals surface area contributed by atoms with Gasteiger partial charge in [-0.15, -0.1) is 0 Å². The summed E-state index contributed by atoms with van der Waals surface area (Å²) in [6, 6.07) is 15.5. The molecule has 1 saturated heterocycles. The van der Waals surface area contributed by atoms with Crippen molar-refractivity contribution < 1.29 is 14.3 Å². The van der Waals surface area contributed by atoms with Crippen LogP contribution in [0.1, 0.15) is 27.8 Å². The average Bonchev–Trinajstić information content (AvgIpc) is 2.79. The molecule has 7 nitrogen and oxygen atoms in total. The second-order valence-corrected chi connectivity index (χ2v) is 7.28. The monoisotopic (exact) mass is 406 g/mol. The van der Waals surface area contributed by atoms with Crippen molar-refractivity contribution in [3.05, 3.63) is 71.7 Å². The molecule has 1 atom stereocenters. The number of nitrogens with zero attached hydrogens (tertiary/aromatic N) is 3. The average molecular weight is 406 g/mol. The molecule has 1 unspecified atom stereocenters. The predicted octanol–water partition coefficient (Wildman–Crippen LogP) is 2.58. The first-order valence-corrected chi connectivity index (χ1v) is 10.2. The van der Waals surface area contributed by atoms with Crippen LogP contribution in [0.25, 0.3) is 10.9 Å². The number of ether oxygens (including phenoxy) is 2. The van der Waals surface area contributed by atoms with Gasteiger partial charge in [0, 0.05) is 44.9 Å². The first-order chi connectivity index (χ1) is 14.7. The third kappa shape index (κ3) is 4.81. The van der Waals surface area contributed by atoms with Crippen molar-refractivity contribution >= 4 is 16.8 Å². The van der Waals surface area contributed by atoms with Crippen LogP contribution in [0.15, 0.2) is 54.7 Å². The van der Waals surface area contributed by atoms with Gasteiger partial charge in [0.2, 0.25) is 0 Å². The summed E-state index contributed by atoms with van der Waals surface area (Å²) in [4.78, 5) is 24.4. The number of hydrogen-bond acceptors (Lipinski definition) is 6. The van der Waals surface area contributed by atoms with Gasteiger partial charge < -0.3 is 14.8 Å². The van der Waals surface area contributed by atoms with Gasteiger partial charge in [0.25, 0.3) is 5.91 Å². The Bertz CT molecular complexity index is 996. The van der Waals surface area contributed by atoms with Gasteiger partial charge in [-0.25, -0.2) is 4.98 Å². The molecule has 0 spiro atoms. The summed E-state index contributed by atoms with van der Waals surface area (Å²) in [6.07, 6.45) is 1.62. The van der Waals surface area contributed by atoms with Crippen molar-refractivity contribution in [3.63, 3.8) is 0 Å². The molecule has 0 saturated carbocycles. The molecule has 0 radical (unpaired) electrons. The van der Waals surface area contributed by atoms with Crippen LogP contribution in [0.2, 0.25) is 0 Å². The lowest BCUT2D eigenvalue weighted by molar-refractivity contribution is -0.0352. The van der Waals surface area contributed by atoms with Crippen molar-refractivity contribution in [2.45, 2.75) is 12.6 Å². The molecule has 2 aromatic heterocycles. The van der Waals surface area contributed by atoms with Crippen molar-refractivity contribution in [1.82, 2.24) is 20.2 Å². The molecule has 3 aromatic rings. The van der Waals surface area contributed by atoms with Gasteiger partial charge in [0.05, 0.1) is 35.7 Å². The molecule has 30 heavy (non-hydrogen) atoms. The number of benzene rings is 1. The molecule has 1 aliphatic heterocycles. The molecule has 1 N–H and O–H groups in total. The maximum Gasteiger partial charge on any atom is 0.252 e. The second-order valence-electron chi connectivity index (χ2n) is 7.28. The first-order valence-electron chi connectivity index (χ1n) is 10.2. The zero-order valence-electron chi connectivity index (χ0n) is 17.1. The predicted molar refractivity (Wildman–Crippen MR) is 114 cm³/mol.